The highest BCUT2D eigenvalue weighted by molar-refractivity contribution is 5.68. The largest absolute Gasteiger partial charge is 0.481 e. The summed E-state index contributed by atoms with van der Waals surface area (Å²) < 4.78 is 0. The van der Waals surface area contributed by atoms with Crippen LogP contribution in [-0.4, -0.2) is 32.3 Å². The summed E-state index contributed by atoms with van der Waals surface area (Å²) in [6, 6.07) is -0.198. The molecule has 2 N–H and O–H groups in total. The SMILES string of the molecule is CCc1nnc(NC(CC(=O)O)C(C)C)nc1CC. The van der Waals surface area contributed by atoms with Crippen molar-refractivity contribution >= 4 is 11.9 Å². The molecule has 0 amide bonds. The molecular weight excluding hydrogens is 244 g/mol. The van der Waals surface area contributed by atoms with Crippen molar-refractivity contribution in [1.29, 1.82) is 0 Å². The minimum atomic E-state index is -0.833. The predicted octanol–water partition coefficient (Wildman–Crippen LogP) is 1.91. The van der Waals surface area contributed by atoms with Crippen molar-refractivity contribution in [1.82, 2.24) is 15.2 Å². The van der Waals surface area contributed by atoms with E-state index in [9.17, 15) is 4.79 Å². The molecule has 0 radical (unpaired) electrons. The lowest BCUT2D eigenvalue weighted by Gasteiger charge is -2.20. The zero-order valence-electron chi connectivity index (χ0n) is 12.0. The Labute approximate surface area is 113 Å². The van der Waals surface area contributed by atoms with Crippen LogP contribution in [0.25, 0.3) is 0 Å². The maximum absolute atomic E-state index is 10.8. The average molecular weight is 266 g/mol. The van der Waals surface area contributed by atoms with Crippen LogP contribution in [0.3, 0.4) is 0 Å². The third-order valence-corrected chi connectivity index (χ3v) is 3.02. The molecule has 0 bridgehead atoms. The minimum Gasteiger partial charge on any atom is -0.481 e. The molecule has 1 heterocycles. The van der Waals surface area contributed by atoms with Crippen molar-refractivity contribution < 1.29 is 9.90 Å². The molecule has 0 aromatic carbocycles. The molecule has 1 unspecified atom stereocenters. The summed E-state index contributed by atoms with van der Waals surface area (Å²) in [7, 11) is 0. The Morgan fingerprint density at radius 3 is 2.32 bits per heavy atom. The second-order valence-electron chi connectivity index (χ2n) is 4.83. The van der Waals surface area contributed by atoms with Gasteiger partial charge < -0.3 is 10.4 Å². The maximum atomic E-state index is 10.8. The highest BCUT2D eigenvalue weighted by Crippen LogP contribution is 2.13. The molecule has 1 atom stereocenters. The highest BCUT2D eigenvalue weighted by atomic mass is 16.4. The van der Waals surface area contributed by atoms with Gasteiger partial charge in [-0.3, -0.25) is 4.79 Å². The smallest absolute Gasteiger partial charge is 0.305 e. The number of carboxylic acids is 1. The summed E-state index contributed by atoms with van der Waals surface area (Å²) in [6.07, 6.45) is 1.63. The zero-order valence-corrected chi connectivity index (χ0v) is 12.0. The molecule has 6 heteroatoms. The molecule has 1 aromatic rings. The van der Waals surface area contributed by atoms with Gasteiger partial charge in [-0.05, 0) is 18.8 Å². The fourth-order valence-corrected chi connectivity index (χ4v) is 1.81. The number of hydrogen-bond donors (Lipinski definition) is 2. The predicted molar refractivity (Wildman–Crippen MR) is 73.1 cm³/mol. The van der Waals surface area contributed by atoms with Gasteiger partial charge in [0.25, 0.3) is 0 Å². The summed E-state index contributed by atoms with van der Waals surface area (Å²) in [5.74, 6) is -0.246. The zero-order chi connectivity index (χ0) is 14.4. The molecule has 0 aliphatic rings. The summed E-state index contributed by atoms with van der Waals surface area (Å²) in [6.45, 7) is 7.97. The first kappa shape index (κ1) is 15.3. The van der Waals surface area contributed by atoms with Crippen molar-refractivity contribution in [2.24, 2.45) is 5.92 Å². The van der Waals surface area contributed by atoms with Gasteiger partial charge in [-0.2, -0.15) is 5.10 Å². The van der Waals surface area contributed by atoms with Gasteiger partial charge in [-0.25, -0.2) is 4.98 Å². The van der Waals surface area contributed by atoms with Crippen molar-refractivity contribution in [2.75, 3.05) is 5.32 Å². The topological polar surface area (TPSA) is 88.0 Å². The fraction of sp³-hybridized carbons (Fsp3) is 0.692. The molecule has 1 aromatic heterocycles. The van der Waals surface area contributed by atoms with Crippen molar-refractivity contribution in [3.05, 3.63) is 11.4 Å². The quantitative estimate of drug-likeness (QED) is 0.783. The number of nitrogens with one attached hydrogen (secondary N) is 1. The molecule has 0 aliphatic carbocycles. The number of rotatable bonds is 7. The molecular formula is C13H22N4O2. The van der Waals surface area contributed by atoms with E-state index in [2.05, 4.69) is 20.5 Å². The molecule has 0 spiro atoms. The van der Waals surface area contributed by atoms with E-state index in [1.54, 1.807) is 0 Å². The Hall–Kier alpha value is -1.72. The number of anilines is 1. The van der Waals surface area contributed by atoms with Crippen molar-refractivity contribution in [3.8, 4) is 0 Å². The Morgan fingerprint density at radius 1 is 1.21 bits per heavy atom. The normalized spacial score (nSPS) is 12.5. The van der Waals surface area contributed by atoms with Crippen LogP contribution in [-0.2, 0) is 17.6 Å². The Morgan fingerprint density at radius 2 is 1.84 bits per heavy atom. The molecule has 0 fully saturated rings. The molecule has 0 saturated heterocycles. The van der Waals surface area contributed by atoms with E-state index >= 15 is 0 Å². The number of aliphatic carboxylic acids is 1. The van der Waals surface area contributed by atoms with Crippen LogP contribution >= 0.6 is 0 Å². The van der Waals surface area contributed by atoms with Gasteiger partial charge in [0.05, 0.1) is 17.8 Å². The van der Waals surface area contributed by atoms with Crippen LogP contribution in [0.4, 0.5) is 5.95 Å². The maximum Gasteiger partial charge on any atom is 0.305 e. The van der Waals surface area contributed by atoms with Gasteiger partial charge in [0, 0.05) is 6.04 Å². The van der Waals surface area contributed by atoms with E-state index in [-0.39, 0.29) is 18.4 Å². The third-order valence-electron chi connectivity index (χ3n) is 3.02. The number of aromatic nitrogens is 3. The second kappa shape index (κ2) is 7.01. The molecule has 0 aliphatic heterocycles. The third kappa shape index (κ3) is 4.46. The number of nitrogens with zero attached hydrogens (tertiary/aromatic N) is 3. The summed E-state index contributed by atoms with van der Waals surface area (Å²) in [5, 5.41) is 20.1. The number of carbonyl (C=O) groups is 1. The number of hydrogen-bond acceptors (Lipinski definition) is 5. The van der Waals surface area contributed by atoms with Gasteiger partial charge in [0.1, 0.15) is 0 Å². The lowest BCUT2D eigenvalue weighted by Crippen LogP contribution is -2.30. The molecule has 6 nitrogen and oxygen atoms in total. The van der Waals surface area contributed by atoms with E-state index in [0.717, 1.165) is 24.2 Å². The highest BCUT2D eigenvalue weighted by Gasteiger charge is 2.18. The first-order valence-electron chi connectivity index (χ1n) is 6.68. The van der Waals surface area contributed by atoms with Gasteiger partial charge >= 0.3 is 5.97 Å². The van der Waals surface area contributed by atoms with Crippen LogP contribution in [0, 0.1) is 5.92 Å². The second-order valence-corrected chi connectivity index (χ2v) is 4.83. The molecule has 19 heavy (non-hydrogen) atoms. The van der Waals surface area contributed by atoms with Crippen LogP contribution in [0.15, 0.2) is 0 Å². The van der Waals surface area contributed by atoms with Crippen LogP contribution < -0.4 is 5.32 Å². The van der Waals surface area contributed by atoms with Gasteiger partial charge in [-0.1, -0.05) is 27.7 Å². The Bertz CT molecular complexity index is 435. The minimum absolute atomic E-state index is 0.0397. The standard InChI is InChI=1S/C13H22N4O2/c1-5-9-10(6-2)16-17-13(14-9)15-11(8(3)4)7-12(18)19/h8,11H,5-7H2,1-4H3,(H,18,19)(H,14,15,17). The summed E-state index contributed by atoms with van der Waals surface area (Å²) in [5.41, 5.74) is 1.81. The van der Waals surface area contributed by atoms with Crippen LogP contribution in [0.5, 0.6) is 0 Å². The van der Waals surface area contributed by atoms with E-state index in [1.165, 1.54) is 0 Å². The summed E-state index contributed by atoms with van der Waals surface area (Å²) >= 11 is 0. The monoisotopic (exact) mass is 266 g/mol. The van der Waals surface area contributed by atoms with Gasteiger partial charge in [0.2, 0.25) is 5.95 Å². The van der Waals surface area contributed by atoms with Crippen LogP contribution in [0.1, 0.15) is 45.5 Å². The Balaban J connectivity index is 2.87. The van der Waals surface area contributed by atoms with E-state index < -0.39 is 5.97 Å². The Kier molecular flexibility index (Phi) is 5.66. The van der Waals surface area contributed by atoms with Gasteiger partial charge in [-0.15, -0.1) is 5.10 Å². The van der Waals surface area contributed by atoms with E-state index in [4.69, 9.17) is 5.11 Å². The molecule has 106 valence electrons. The first-order chi connectivity index (χ1) is 8.97. The van der Waals surface area contributed by atoms with Crippen molar-refractivity contribution in [2.45, 2.75) is 53.0 Å². The summed E-state index contributed by atoms with van der Waals surface area (Å²) in [4.78, 5) is 15.2. The lowest BCUT2D eigenvalue weighted by atomic mass is 10.0. The van der Waals surface area contributed by atoms with E-state index in [1.807, 2.05) is 27.7 Å². The van der Waals surface area contributed by atoms with Gasteiger partial charge in [0.15, 0.2) is 0 Å². The molecule has 0 saturated carbocycles. The fourth-order valence-electron chi connectivity index (χ4n) is 1.81. The lowest BCUT2D eigenvalue weighted by molar-refractivity contribution is -0.137. The molecule has 1 rings (SSSR count). The first-order valence-corrected chi connectivity index (χ1v) is 6.68. The van der Waals surface area contributed by atoms with E-state index in [0.29, 0.717) is 5.95 Å². The average Bonchev–Trinajstić information content (AvgIpc) is 2.37. The van der Waals surface area contributed by atoms with Crippen molar-refractivity contribution in [3.63, 3.8) is 0 Å². The van der Waals surface area contributed by atoms with Crippen LogP contribution in [0.2, 0.25) is 0 Å². The number of carboxylic acid groups (broad SMARTS) is 1. The number of aryl methyl sites for hydroxylation is 2.